The Balaban J connectivity index is 3.12. The van der Waals surface area contributed by atoms with E-state index in [1.54, 1.807) is 0 Å². The van der Waals surface area contributed by atoms with Gasteiger partial charge >= 0.3 is 0 Å². The fourth-order valence-electron chi connectivity index (χ4n) is 1.92. The summed E-state index contributed by atoms with van der Waals surface area (Å²) in [6.07, 6.45) is 1.12. The maximum Gasteiger partial charge on any atom is 0.0471 e. The van der Waals surface area contributed by atoms with Gasteiger partial charge in [0.1, 0.15) is 0 Å². The van der Waals surface area contributed by atoms with Gasteiger partial charge in [0.15, 0.2) is 0 Å². The van der Waals surface area contributed by atoms with Crippen molar-refractivity contribution < 1.29 is 0 Å². The van der Waals surface area contributed by atoms with Crippen molar-refractivity contribution in [2.45, 2.75) is 39.8 Å². The highest BCUT2D eigenvalue weighted by atomic mass is 35.5. The minimum Gasteiger partial charge on any atom is -0.369 e. The fourth-order valence-corrected chi connectivity index (χ4v) is 2.16. The number of anilines is 1. The Labute approximate surface area is 103 Å². The molecule has 0 spiro atoms. The van der Waals surface area contributed by atoms with E-state index in [-0.39, 0.29) is 0 Å². The lowest BCUT2D eigenvalue weighted by Crippen LogP contribution is -2.32. The van der Waals surface area contributed by atoms with Crippen molar-refractivity contribution in [2.75, 3.05) is 11.4 Å². The zero-order valence-electron chi connectivity index (χ0n) is 10.3. The maximum atomic E-state index is 6.17. The molecule has 0 heterocycles. The predicted molar refractivity (Wildman–Crippen MR) is 72.1 cm³/mol. The van der Waals surface area contributed by atoms with Crippen molar-refractivity contribution in [3.63, 3.8) is 0 Å². The number of hydrogen-bond acceptors (Lipinski definition) is 2. The molecule has 2 nitrogen and oxygen atoms in total. The van der Waals surface area contributed by atoms with Crippen LogP contribution in [0.4, 0.5) is 5.69 Å². The van der Waals surface area contributed by atoms with Gasteiger partial charge in [0.05, 0.1) is 0 Å². The van der Waals surface area contributed by atoms with Gasteiger partial charge in [0.25, 0.3) is 0 Å². The molecule has 0 aliphatic carbocycles. The first-order valence-electron chi connectivity index (χ1n) is 5.85. The Morgan fingerprint density at radius 1 is 1.38 bits per heavy atom. The van der Waals surface area contributed by atoms with Crippen LogP contribution in [0.25, 0.3) is 0 Å². The molecule has 0 amide bonds. The van der Waals surface area contributed by atoms with Crippen molar-refractivity contribution >= 4 is 17.3 Å². The lowest BCUT2D eigenvalue weighted by molar-refractivity contribution is 0.667. The third-order valence-electron chi connectivity index (χ3n) is 2.70. The van der Waals surface area contributed by atoms with Crippen LogP contribution in [0.2, 0.25) is 5.02 Å². The molecule has 2 N–H and O–H groups in total. The van der Waals surface area contributed by atoms with Gasteiger partial charge < -0.3 is 10.6 Å². The standard InChI is InChI=1S/C13H21ClN2/c1-4-8-16(10(2)3)13-7-5-6-12(14)11(13)9-15/h5-7,10H,4,8-9,15H2,1-3H3. The first-order valence-corrected chi connectivity index (χ1v) is 6.23. The highest BCUT2D eigenvalue weighted by Gasteiger charge is 2.14. The van der Waals surface area contributed by atoms with E-state index in [4.69, 9.17) is 17.3 Å². The summed E-state index contributed by atoms with van der Waals surface area (Å²) < 4.78 is 0. The van der Waals surface area contributed by atoms with Crippen molar-refractivity contribution in [3.8, 4) is 0 Å². The van der Waals surface area contributed by atoms with Gasteiger partial charge in [-0.05, 0) is 32.4 Å². The second kappa shape index (κ2) is 6.12. The molecule has 0 fully saturated rings. The van der Waals surface area contributed by atoms with Crippen LogP contribution in [-0.4, -0.2) is 12.6 Å². The minimum absolute atomic E-state index is 0.462. The molecule has 16 heavy (non-hydrogen) atoms. The molecular weight excluding hydrogens is 220 g/mol. The van der Waals surface area contributed by atoms with E-state index in [9.17, 15) is 0 Å². The lowest BCUT2D eigenvalue weighted by Gasteiger charge is -2.30. The Morgan fingerprint density at radius 3 is 2.56 bits per heavy atom. The molecule has 0 bridgehead atoms. The molecule has 1 rings (SSSR count). The molecule has 0 radical (unpaired) electrons. The van der Waals surface area contributed by atoms with Crippen LogP contribution in [0, 0.1) is 0 Å². The number of nitrogens with zero attached hydrogens (tertiary/aromatic N) is 1. The molecule has 0 unspecified atom stereocenters. The van der Waals surface area contributed by atoms with Gasteiger partial charge in [0, 0.05) is 35.4 Å². The molecule has 1 aromatic carbocycles. The Morgan fingerprint density at radius 2 is 2.06 bits per heavy atom. The number of nitrogens with two attached hydrogens (primary N) is 1. The second-order valence-electron chi connectivity index (χ2n) is 4.23. The highest BCUT2D eigenvalue weighted by molar-refractivity contribution is 6.31. The molecule has 0 saturated heterocycles. The zero-order chi connectivity index (χ0) is 12.1. The first kappa shape index (κ1) is 13.3. The van der Waals surface area contributed by atoms with E-state index >= 15 is 0 Å². The second-order valence-corrected chi connectivity index (χ2v) is 4.64. The normalized spacial score (nSPS) is 10.9. The fraction of sp³-hybridized carbons (Fsp3) is 0.538. The zero-order valence-corrected chi connectivity index (χ0v) is 11.1. The molecule has 0 aliphatic rings. The molecule has 0 aliphatic heterocycles. The predicted octanol–water partition coefficient (Wildman–Crippen LogP) is 3.42. The SMILES string of the molecule is CCCN(c1cccc(Cl)c1CN)C(C)C. The highest BCUT2D eigenvalue weighted by Crippen LogP contribution is 2.28. The van der Waals surface area contributed by atoms with Crippen LogP contribution in [0.3, 0.4) is 0 Å². The van der Waals surface area contributed by atoms with Gasteiger partial charge in [-0.3, -0.25) is 0 Å². The van der Waals surface area contributed by atoms with Gasteiger partial charge in [-0.1, -0.05) is 24.6 Å². The average Bonchev–Trinajstić information content (AvgIpc) is 2.25. The van der Waals surface area contributed by atoms with Crippen molar-refractivity contribution in [1.29, 1.82) is 0 Å². The third-order valence-corrected chi connectivity index (χ3v) is 3.05. The molecule has 0 atom stereocenters. The Bertz CT molecular complexity index is 337. The number of rotatable bonds is 5. The van der Waals surface area contributed by atoms with Crippen molar-refractivity contribution in [3.05, 3.63) is 28.8 Å². The molecule has 0 saturated carbocycles. The molecule has 90 valence electrons. The molecule has 3 heteroatoms. The maximum absolute atomic E-state index is 6.17. The van der Waals surface area contributed by atoms with E-state index in [1.807, 2.05) is 12.1 Å². The van der Waals surface area contributed by atoms with Crippen LogP contribution >= 0.6 is 11.6 Å². The lowest BCUT2D eigenvalue weighted by atomic mass is 10.1. The largest absolute Gasteiger partial charge is 0.369 e. The van der Waals surface area contributed by atoms with Gasteiger partial charge in [-0.25, -0.2) is 0 Å². The van der Waals surface area contributed by atoms with Crippen LogP contribution < -0.4 is 10.6 Å². The molecule has 1 aromatic rings. The summed E-state index contributed by atoms with van der Waals surface area (Å²) in [4.78, 5) is 2.36. The van der Waals surface area contributed by atoms with E-state index in [0.29, 0.717) is 12.6 Å². The van der Waals surface area contributed by atoms with Crippen molar-refractivity contribution in [1.82, 2.24) is 0 Å². The van der Waals surface area contributed by atoms with Crippen molar-refractivity contribution in [2.24, 2.45) is 5.73 Å². The minimum atomic E-state index is 0.462. The smallest absolute Gasteiger partial charge is 0.0471 e. The quantitative estimate of drug-likeness (QED) is 0.855. The number of hydrogen-bond donors (Lipinski definition) is 1. The Kier molecular flexibility index (Phi) is 5.10. The van der Waals surface area contributed by atoms with Crippen LogP contribution in [0.15, 0.2) is 18.2 Å². The summed E-state index contributed by atoms with van der Waals surface area (Å²) in [6, 6.07) is 6.45. The summed E-state index contributed by atoms with van der Waals surface area (Å²) in [6.45, 7) is 8.09. The Hall–Kier alpha value is -0.730. The molecule has 0 aromatic heterocycles. The summed E-state index contributed by atoms with van der Waals surface area (Å²) in [5.41, 5.74) is 7.99. The van der Waals surface area contributed by atoms with E-state index in [1.165, 1.54) is 5.69 Å². The monoisotopic (exact) mass is 240 g/mol. The summed E-state index contributed by atoms with van der Waals surface area (Å²) in [5.74, 6) is 0. The van der Waals surface area contributed by atoms with E-state index in [0.717, 1.165) is 23.6 Å². The number of halogens is 1. The summed E-state index contributed by atoms with van der Waals surface area (Å²) >= 11 is 6.17. The van der Waals surface area contributed by atoms with Gasteiger partial charge in [-0.15, -0.1) is 0 Å². The van der Waals surface area contributed by atoms with E-state index < -0.39 is 0 Å². The topological polar surface area (TPSA) is 29.3 Å². The van der Waals surface area contributed by atoms with Crippen LogP contribution in [0.1, 0.15) is 32.8 Å². The summed E-state index contributed by atoms with van der Waals surface area (Å²) in [5, 5.41) is 0.766. The number of benzene rings is 1. The third kappa shape index (κ3) is 2.89. The van der Waals surface area contributed by atoms with Gasteiger partial charge in [0.2, 0.25) is 0 Å². The average molecular weight is 241 g/mol. The molecular formula is C13H21ClN2. The van der Waals surface area contributed by atoms with Crippen LogP contribution in [0.5, 0.6) is 0 Å². The van der Waals surface area contributed by atoms with Crippen LogP contribution in [-0.2, 0) is 6.54 Å². The van der Waals surface area contributed by atoms with Gasteiger partial charge in [-0.2, -0.15) is 0 Å². The van der Waals surface area contributed by atoms with E-state index in [2.05, 4.69) is 31.7 Å². The first-order chi connectivity index (χ1) is 7.61. The summed E-state index contributed by atoms with van der Waals surface area (Å²) in [7, 11) is 0.